The molecular weight excluding hydrogens is 470 g/mol. The molecule has 0 aliphatic carbocycles. The summed E-state index contributed by atoms with van der Waals surface area (Å²) in [6.45, 7) is 2.71. The summed E-state index contributed by atoms with van der Waals surface area (Å²) in [5.41, 5.74) is 1.09. The number of nitrogens with zero attached hydrogens (tertiary/aromatic N) is 1. The van der Waals surface area contributed by atoms with E-state index in [1.165, 1.54) is 22.5 Å². The van der Waals surface area contributed by atoms with Crippen LogP contribution in [0.4, 0.5) is 0 Å². The SMILES string of the molecule is Cc1ccc(S(=O)(=O)N2CCOCC2)cc1C(=O)OCc1cc(=O)oc2ccc3ccccc3c12. The molecule has 0 radical (unpaired) electrons. The van der Waals surface area contributed by atoms with E-state index in [-0.39, 0.29) is 30.2 Å². The Morgan fingerprint density at radius 1 is 1.03 bits per heavy atom. The van der Waals surface area contributed by atoms with Crippen molar-refractivity contribution in [1.29, 1.82) is 0 Å². The lowest BCUT2D eigenvalue weighted by molar-refractivity contribution is 0.0472. The van der Waals surface area contributed by atoms with Gasteiger partial charge in [-0.05, 0) is 41.5 Å². The van der Waals surface area contributed by atoms with E-state index >= 15 is 0 Å². The molecule has 0 N–H and O–H groups in total. The first-order valence-electron chi connectivity index (χ1n) is 11.1. The monoisotopic (exact) mass is 493 g/mol. The van der Waals surface area contributed by atoms with Gasteiger partial charge in [-0.2, -0.15) is 4.31 Å². The van der Waals surface area contributed by atoms with Crippen LogP contribution in [0.25, 0.3) is 21.7 Å². The minimum atomic E-state index is -3.77. The predicted molar refractivity (Wildman–Crippen MR) is 130 cm³/mol. The van der Waals surface area contributed by atoms with Gasteiger partial charge in [-0.3, -0.25) is 0 Å². The molecule has 0 unspecified atom stereocenters. The molecule has 5 rings (SSSR count). The van der Waals surface area contributed by atoms with Crippen LogP contribution < -0.4 is 5.63 Å². The lowest BCUT2D eigenvalue weighted by atomic mass is 10.0. The predicted octanol–water partition coefficient (Wildman–Crippen LogP) is 3.63. The van der Waals surface area contributed by atoms with Gasteiger partial charge in [-0.25, -0.2) is 18.0 Å². The summed E-state index contributed by atoms with van der Waals surface area (Å²) < 4.78 is 43.6. The highest BCUT2D eigenvalue weighted by molar-refractivity contribution is 7.89. The summed E-state index contributed by atoms with van der Waals surface area (Å²) in [5, 5.41) is 2.52. The number of sulfonamides is 1. The lowest BCUT2D eigenvalue weighted by Gasteiger charge is -2.26. The molecule has 4 aromatic rings. The highest BCUT2D eigenvalue weighted by Crippen LogP contribution is 2.28. The minimum Gasteiger partial charge on any atom is -0.457 e. The molecule has 0 amide bonds. The fourth-order valence-electron chi connectivity index (χ4n) is 4.27. The third kappa shape index (κ3) is 4.45. The van der Waals surface area contributed by atoms with Gasteiger partial charge in [0.1, 0.15) is 12.2 Å². The standard InChI is InChI=1S/C26H23NO7S/c1-17-6-8-20(35(30,31)27-10-12-32-13-11-27)15-22(17)26(29)33-16-19-14-24(28)34-23-9-7-18-4-2-3-5-21(18)25(19)23/h2-9,14-15H,10-13,16H2,1H3. The summed E-state index contributed by atoms with van der Waals surface area (Å²) in [6.07, 6.45) is 0. The van der Waals surface area contributed by atoms with E-state index in [0.29, 0.717) is 35.3 Å². The van der Waals surface area contributed by atoms with E-state index in [0.717, 1.165) is 10.8 Å². The van der Waals surface area contributed by atoms with Gasteiger partial charge in [0.15, 0.2) is 0 Å². The van der Waals surface area contributed by atoms with Crippen LogP contribution in [-0.4, -0.2) is 45.0 Å². The maximum absolute atomic E-state index is 13.0. The van der Waals surface area contributed by atoms with Crippen LogP contribution in [0.2, 0.25) is 0 Å². The van der Waals surface area contributed by atoms with Gasteiger partial charge in [-0.1, -0.05) is 36.4 Å². The molecule has 0 spiro atoms. The molecule has 1 fully saturated rings. The van der Waals surface area contributed by atoms with Gasteiger partial charge in [0.25, 0.3) is 0 Å². The number of hydrogen-bond acceptors (Lipinski definition) is 7. The normalized spacial score (nSPS) is 14.9. The topological polar surface area (TPSA) is 103 Å². The molecule has 1 aliphatic heterocycles. The number of rotatable bonds is 5. The summed E-state index contributed by atoms with van der Waals surface area (Å²) in [7, 11) is -3.77. The van der Waals surface area contributed by atoms with E-state index in [9.17, 15) is 18.0 Å². The second-order valence-electron chi connectivity index (χ2n) is 8.32. The highest BCUT2D eigenvalue weighted by Gasteiger charge is 2.27. The highest BCUT2D eigenvalue weighted by atomic mass is 32.2. The van der Waals surface area contributed by atoms with Crippen LogP contribution >= 0.6 is 0 Å². The molecule has 0 atom stereocenters. The second-order valence-corrected chi connectivity index (χ2v) is 10.3. The molecular formula is C26H23NO7S. The number of fused-ring (bicyclic) bond motifs is 3. The number of hydrogen-bond donors (Lipinski definition) is 0. The van der Waals surface area contributed by atoms with Gasteiger partial charge in [0, 0.05) is 30.1 Å². The molecule has 1 aromatic heterocycles. The van der Waals surface area contributed by atoms with Gasteiger partial charge >= 0.3 is 11.6 Å². The third-order valence-corrected chi connectivity index (χ3v) is 8.00. The molecule has 3 aromatic carbocycles. The van der Waals surface area contributed by atoms with Crippen molar-refractivity contribution in [3.63, 3.8) is 0 Å². The lowest BCUT2D eigenvalue weighted by Crippen LogP contribution is -2.40. The number of ether oxygens (including phenoxy) is 2. The Hall–Kier alpha value is -3.53. The first kappa shape index (κ1) is 23.2. The summed E-state index contributed by atoms with van der Waals surface area (Å²) in [6, 6.07) is 17.0. The summed E-state index contributed by atoms with van der Waals surface area (Å²) in [5.74, 6) is -0.678. The quantitative estimate of drug-likeness (QED) is 0.238. The second kappa shape index (κ2) is 9.26. The Morgan fingerprint density at radius 3 is 2.60 bits per heavy atom. The van der Waals surface area contributed by atoms with Crippen molar-refractivity contribution in [3.05, 3.63) is 87.8 Å². The van der Waals surface area contributed by atoms with Crippen molar-refractivity contribution in [2.45, 2.75) is 18.4 Å². The maximum Gasteiger partial charge on any atom is 0.338 e. The van der Waals surface area contributed by atoms with E-state index in [4.69, 9.17) is 13.9 Å². The molecule has 35 heavy (non-hydrogen) atoms. The van der Waals surface area contributed by atoms with E-state index < -0.39 is 21.6 Å². The minimum absolute atomic E-state index is 0.0220. The van der Waals surface area contributed by atoms with Crippen molar-refractivity contribution in [1.82, 2.24) is 4.31 Å². The molecule has 0 saturated carbocycles. The van der Waals surface area contributed by atoms with Crippen LogP contribution in [-0.2, 0) is 26.1 Å². The Balaban J connectivity index is 1.46. The molecule has 180 valence electrons. The summed E-state index contributed by atoms with van der Waals surface area (Å²) in [4.78, 5) is 25.2. The average molecular weight is 494 g/mol. The number of esters is 1. The first-order chi connectivity index (χ1) is 16.8. The van der Waals surface area contributed by atoms with Crippen molar-refractivity contribution < 1.29 is 27.1 Å². The maximum atomic E-state index is 13.0. The van der Waals surface area contributed by atoms with Crippen molar-refractivity contribution in [2.24, 2.45) is 0 Å². The van der Waals surface area contributed by atoms with Gasteiger partial charge in [0.05, 0.1) is 23.7 Å². The molecule has 8 nitrogen and oxygen atoms in total. The molecule has 9 heteroatoms. The summed E-state index contributed by atoms with van der Waals surface area (Å²) >= 11 is 0. The van der Waals surface area contributed by atoms with Crippen molar-refractivity contribution in [3.8, 4) is 0 Å². The molecule has 1 saturated heterocycles. The third-order valence-electron chi connectivity index (χ3n) is 6.11. The zero-order valence-electron chi connectivity index (χ0n) is 19.0. The van der Waals surface area contributed by atoms with Crippen LogP contribution in [0.15, 0.2) is 74.8 Å². The number of carbonyl (C=O) groups is 1. The number of aryl methyl sites for hydroxylation is 1. The van der Waals surface area contributed by atoms with Crippen molar-refractivity contribution >= 4 is 37.7 Å². The van der Waals surface area contributed by atoms with Crippen LogP contribution in [0, 0.1) is 6.92 Å². The average Bonchev–Trinajstić information content (AvgIpc) is 2.87. The molecule has 0 bridgehead atoms. The number of morpholine rings is 1. The fourth-order valence-corrected chi connectivity index (χ4v) is 5.71. The van der Waals surface area contributed by atoms with E-state index in [2.05, 4.69) is 0 Å². The van der Waals surface area contributed by atoms with E-state index in [1.807, 2.05) is 30.3 Å². The first-order valence-corrected chi connectivity index (χ1v) is 12.6. The zero-order chi connectivity index (χ0) is 24.6. The van der Waals surface area contributed by atoms with Crippen molar-refractivity contribution in [2.75, 3.05) is 26.3 Å². The van der Waals surface area contributed by atoms with Crippen LogP contribution in [0.1, 0.15) is 21.5 Å². The Labute approximate surface area is 201 Å². The van der Waals surface area contributed by atoms with E-state index in [1.54, 1.807) is 19.1 Å². The Morgan fingerprint density at radius 2 is 1.80 bits per heavy atom. The van der Waals surface area contributed by atoms with Gasteiger partial charge < -0.3 is 13.9 Å². The molecule has 1 aliphatic rings. The Kier molecular flexibility index (Phi) is 6.14. The number of benzene rings is 3. The van der Waals surface area contributed by atoms with Gasteiger partial charge in [0.2, 0.25) is 10.0 Å². The van der Waals surface area contributed by atoms with Crippen LogP contribution in [0.3, 0.4) is 0 Å². The molecule has 2 heterocycles. The van der Waals surface area contributed by atoms with Crippen LogP contribution in [0.5, 0.6) is 0 Å². The zero-order valence-corrected chi connectivity index (χ0v) is 19.8. The largest absolute Gasteiger partial charge is 0.457 e. The smallest absolute Gasteiger partial charge is 0.338 e. The van der Waals surface area contributed by atoms with Gasteiger partial charge in [-0.15, -0.1) is 0 Å². The number of carbonyl (C=O) groups excluding carboxylic acids is 1. The Bertz CT molecular complexity index is 1600. The fraction of sp³-hybridized carbons (Fsp3) is 0.231.